The Bertz CT molecular complexity index is 567. The van der Waals surface area contributed by atoms with Gasteiger partial charge in [0, 0.05) is 45.2 Å². The molecular formula is C16H24N4O2S. The number of hydrogen-bond acceptors (Lipinski definition) is 6. The Morgan fingerprint density at radius 1 is 1.61 bits per heavy atom. The predicted octanol–water partition coefficient (Wildman–Crippen LogP) is 1.34. The topological polar surface area (TPSA) is 79.6 Å². The van der Waals surface area contributed by atoms with Crippen LogP contribution in [0.25, 0.3) is 0 Å². The maximum Gasteiger partial charge on any atom is 0.226 e. The summed E-state index contributed by atoms with van der Waals surface area (Å²) in [7, 11) is 0. The molecule has 0 unspecified atom stereocenters. The molecule has 2 atom stereocenters. The van der Waals surface area contributed by atoms with Gasteiger partial charge in [0.05, 0.1) is 11.7 Å². The first-order valence-corrected chi connectivity index (χ1v) is 8.79. The number of amides is 1. The van der Waals surface area contributed by atoms with E-state index in [1.807, 2.05) is 6.92 Å². The van der Waals surface area contributed by atoms with Gasteiger partial charge in [-0.15, -0.1) is 11.3 Å². The molecule has 1 aromatic rings. The van der Waals surface area contributed by atoms with Crippen molar-refractivity contribution in [2.45, 2.75) is 32.4 Å². The first kappa shape index (κ1) is 17.9. The standard InChI is InChI=1S/C16H24N4O2S/c1-12-10-19(6-7-20(12)11-13(2)21)5-3-15(22)18-16-14(9-17)4-8-23-16/h4,8,12-13,21H,3,5-7,10-11H2,1-2H3,(H,18,22)/t12-,13+/m0/s1. The molecule has 6 nitrogen and oxygen atoms in total. The van der Waals surface area contributed by atoms with Crippen molar-refractivity contribution in [1.82, 2.24) is 9.80 Å². The SMILES string of the molecule is C[C@@H](O)CN1CCN(CCC(=O)Nc2sccc2C#N)C[C@@H]1C. The summed E-state index contributed by atoms with van der Waals surface area (Å²) < 4.78 is 0. The van der Waals surface area contributed by atoms with Crippen LogP contribution in [-0.4, -0.2) is 65.7 Å². The summed E-state index contributed by atoms with van der Waals surface area (Å²) >= 11 is 1.37. The fraction of sp³-hybridized carbons (Fsp3) is 0.625. The first-order chi connectivity index (χ1) is 11.0. The van der Waals surface area contributed by atoms with Gasteiger partial charge < -0.3 is 15.3 Å². The first-order valence-electron chi connectivity index (χ1n) is 7.91. The molecule has 0 saturated carbocycles. The summed E-state index contributed by atoms with van der Waals surface area (Å²) in [6.45, 7) is 8.10. The molecule has 1 amide bonds. The molecule has 1 saturated heterocycles. The van der Waals surface area contributed by atoms with Crippen LogP contribution >= 0.6 is 11.3 Å². The van der Waals surface area contributed by atoms with Gasteiger partial charge in [0.15, 0.2) is 0 Å². The van der Waals surface area contributed by atoms with Crippen LogP contribution in [0.15, 0.2) is 11.4 Å². The van der Waals surface area contributed by atoms with E-state index in [1.165, 1.54) is 11.3 Å². The molecule has 2 N–H and O–H groups in total. The van der Waals surface area contributed by atoms with Gasteiger partial charge in [-0.2, -0.15) is 5.26 Å². The highest BCUT2D eigenvalue weighted by Crippen LogP contribution is 2.22. The number of aliphatic hydroxyl groups is 1. The average molecular weight is 336 g/mol. The van der Waals surface area contributed by atoms with E-state index < -0.39 is 0 Å². The Morgan fingerprint density at radius 2 is 2.39 bits per heavy atom. The summed E-state index contributed by atoms with van der Waals surface area (Å²) in [5.74, 6) is -0.0528. The van der Waals surface area contributed by atoms with Gasteiger partial charge in [0.1, 0.15) is 11.1 Å². The molecule has 7 heteroatoms. The van der Waals surface area contributed by atoms with Crippen molar-refractivity contribution in [2.24, 2.45) is 0 Å². The highest BCUT2D eigenvalue weighted by atomic mass is 32.1. The van der Waals surface area contributed by atoms with E-state index >= 15 is 0 Å². The molecule has 1 aliphatic heterocycles. The molecule has 0 bridgehead atoms. The molecule has 1 aliphatic rings. The van der Waals surface area contributed by atoms with Crippen molar-refractivity contribution in [3.63, 3.8) is 0 Å². The summed E-state index contributed by atoms with van der Waals surface area (Å²) in [5.41, 5.74) is 0.517. The highest BCUT2D eigenvalue weighted by molar-refractivity contribution is 7.14. The number of anilines is 1. The Labute approximate surface area is 141 Å². The van der Waals surface area contributed by atoms with Gasteiger partial charge in [-0.3, -0.25) is 9.69 Å². The number of β-amino-alcohol motifs (C(OH)–C–C–N with tert-alkyl or cyclic N) is 1. The van der Waals surface area contributed by atoms with E-state index in [2.05, 4.69) is 28.1 Å². The number of carbonyl (C=O) groups excluding carboxylic acids is 1. The molecule has 0 spiro atoms. The van der Waals surface area contributed by atoms with Crippen molar-refractivity contribution in [3.05, 3.63) is 17.0 Å². The Hall–Kier alpha value is -1.46. The molecule has 1 fully saturated rings. The van der Waals surface area contributed by atoms with Crippen molar-refractivity contribution in [2.75, 3.05) is 38.0 Å². The van der Waals surface area contributed by atoms with Crippen LogP contribution in [0.4, 0.5) is 5.00 Å². The maximum absolute atomic E-state index is 12.0. The molecular weight excluding hydrogens is 312 g/mol. The lowest BCUT2D eigenvalue weighted by Gasteiger charge is -2.40. The molecule has 126 valence electrons. The van der Waals surface area contributed by atoms with Gasteiger partial charge in [-0.25, -0.2) is 0 Å². The Balaban J connectivity index is 1.74. The van der Waals surface area contributed by atoms with Gasteiger partial charge in [0.2, 0.25) is 5.91 Å². The molecule has 23 heavy (non-hydrogen) atoms. The largest absolute Gasteiger partial charge is 0.392 e. The molecule has 1 aromatic heterocycles. The monoisotopic (exact) mass is 336 g/mol. The van der Waals surface area contributed by atoms with Crippen LogP contribution in [0.5, 0.6) is 0 Å². The molecule has 0 radical (unpaired) electrons. The number of nitrogens with one attached hydrogen (secondary N) is 1. The third-order valence-electron chi connectivity index (χ3n) is 4.04. The van der Waals surface area contributed by atoms with Crippen LogP contribution in [0.1, 0.15) is 25.8 Å². The van der Waals surface area contributed by atoms with E-state index in [1.54, 1.807) is 11.4 Å². The Morgan fingerprint density at radius 3 is 3.04 bits per heavy atom. The molecule has 2 rings (SSSR count). The zero-order valence-electron chi connectivity index (χ0n) is 13.7. The number of hydrogen-bond donors (Lipinski definition) is 2. The van der Waals surface area contributed by atoms with Gasteiger partial charge in [-0.05, 0) is 25.3 Å². The van der Waals surface area contributed by atoms with Crippen LogP contribution in [-0.2, 0) is 4.79 Å². The van der Waals surface area contributed by atoms with E-state index in [-0.39, 0.29) is 12.0 Å². The van der Waals surface area contributed by atoms with Crippen molar-refractivity contribution in [3.8, 4) is 6.07 Å². The number of carbonyl (C=O) groups is 1. The number of rotatable bonds is 6. The zero-order valence-corrected chi connectivity index (χ0v) is 14.5. The van der Waals surface area contributed by atoms with Gasteiger partial charge >= 0.3 is 0 Å². The Kier molecular flexibility index (Phi) is 6.54. The van der Waals surface area contributed by atoms with E-state index in [9.17, 15) is 9.90 Å². The van der Waals surface area contributed by atoms with Crippen LogP contribution < -0.4 is 5.32 Å². The number of nitriles is 1. The summed E-state index contributed by atoms with van der Waals surface area (Å²) in [6.07, 6.45) is 0.112. The van der Waals surface area contributed by atoms with Crippen molar-refractivity contribution < 1.29 is 9.90 Å². The lowest BCUT2D eigenvalue weighted by molar-refractivity contribution is -0.116. The zero-order chi connectivity index (χ0) is 16.8. The second-order valence-electron chi connectivity index (χ2n) is 6.07. The minimum absolute atomic E-state index is 0.0528. The highest BCUT2D eigenvalue weighted by Gasteiger charge is 2.24. The lowest BCUT2D eigenvalue weighted by Crippen LogP contribution is -2.53. The number of aliphatic hydroxyl groups excluding tert-OH is 1. The van der Waals surface area contributed by atoms with Crippen molar-refractivity contribution >= 4 is 22.2 Å². The summed E-state index contributed by atoms with van der Waals surface area (Å²) in [4.78, 5) is 16.6. The fourth-order valence-electron chi connectivity index (χ4n) is 2.83. The van der Waals surface area contributed by atoms with Gasteiger partial charge in [-0.1, -0.05) is 0 Å². The van der Waals surface area contributed by atoms with E-state index in [0.29, 0.717) is 36.1 Å². The number of thiophene rings is 1. The minimum atomic E-state index is -0.310. The summed E-state index contributed by atoms with van der Waals surface area (Å²) in [6, 6.07) is 4.16. The maximum atomic E-state index is 12.0. The van der Waals surface area contributed by atoms with Gasteiger partial charge in [0.25, 0.3) is 0 Å². The molecule has 2 heterocycles. The van der Waals surface area contributed by atoms with E-state index in [0.717, 1.165) is 19.6 Å². The molecule has 0 aliphatic carbocycles. The number of piperazine rings is 1. The lowest BCUT2D eigenvalue weighted by atomic mass is 10.1. The quantitative estimate of drug-likeness (QED) is 0.819. The third kappa shape index (κ3) is 5.29. The van der Waals surface area contributed by atoms with Crippen LogP contribution in [0.3, 0.4) is 0 Å². The van der Waals surface area contributed by atoms with Crippen LogP contribution in [0.2, 0.25) is 0 Å². The third-order valence-corrected chi connectivity index (χ3v) is 4.87. The summed E-state index contributed by atoms with van der Waals surface area (Å²) in [5, 5.41) is 23.7. The van der Waals surface area contributed by atoms with Crippen LogP contribution in [0, 0.1) is 11.3 Å². The second-order valence-corrected chi connectivity index (χ2v) is 6.98. The predicted molar refractivity (Wildman–Crippen MR) is 91.4 cm³/mol. The number of nitrogens with zero attached hydrogens (tertiary/aromatic N) is 3. The van der Waals surface area contributed by atoms with Crippen molar-refractivity contribution in [1.29, 1.82) is 5.26 Å². The minimum Gasteiger partial charge on any atom is -0.392 e. The molecule has 0 aromatic carbocycles. The second kappa shape index (κ2) is 8.41. The fourth-order valence-corrected chi connectivity index (χ4v) is 3.58. The normalized spacial score (nSPS) is 20.9. The average Bonchev–Trinajstić information content (AvgIpc) is 2.94. The smallest absolute Gasteiger partial charge is 0.226 e. The van der Waals surface area contributed by atoms with E-state index in [4.69, 9.17) is 5.26 Å².